The number of fused-ring (bicyclic) bond motifs is 1. The van der Waals surface area contributed by atoms with Crippen molar-refractivity contribution >= 4 is 23.0 Å². The van der Waals surface area contributed by atoms with Gasteiger partial charge < -0.3 is 5.32 Å². The number of rotatable bonds is 4. The van der Waals surface area contributed by atoms with Gasteiger partial charge in [-0.15, -0.1) is 0 Å². The van der Waals surface area contributed by atoms with E-state index in [0.717, 1.165) is 18.1 Å². The average molecular weight is 378 g/mol. The first-order chi connectivity index (χ1) is 13.3. The largest absolute Gasteiger partial charge is 0.361 e. The van der Waals surface area contributed by atoms with Gasteiger partial charge in [-0.1, -0.05) is 67.1 Å². The molecule has 1 fully saturated rings. The zero-order chi connectivity index (χ0) is 18.6. The molecule has 0 radical (unpaired) electrons. The minimum absolute atomic E-state index is 0.214. The van der Waals surface area contributed by atoms with E-state index in [9.17, 15) is 0 Å². The molecule has 1 aliphatic carbocycles. The second-order valence-electron chi connectivity index (χ2n) is 7.48. The summed E-state index contributed by atoms with van der Waals surface area (Å²) >= 11 is 5.69. The Bertz CT molecular complexity index is 803. The minimum atomic E-state index is 0.214. The molecule has 1 heterocycles. The van der Waals surface area contributed by atoms with Crippen molar-refractivity contribution in [2.75, 3.05) is 6.54 Å². The average Bonchev–Trinajstić information content (AvgIpc) is 3.10. The molecule has 0 amide bonds. The Labute approximate surface area is 167 Å². The van der Waals surface area contributed by atoms with Gasteiger partial charge in [0.1, 0.15) is 0 Å². The van der Waals surface area contributed by atoms with Crippen molar-refractivity contribution in [2.24, 2.45) is 16.9 Å². The van der Waals surface area contributed by atoms with Crippen LogP contribution >= 0.6 is 12.2 Å². The van der Waals surface area contributed by atoms with Gasteiger partial charge in [-0.25, -0.2) is 5.01 Å². The molecule has 1 saturated carbocycles. The second-order valence-corrected chi connectivity index (χ2v) is 7.87. The van der Waals surface area contributed by atoms with Crippen LogP contribution < -0.4 is 5.32 Å². The van der Waals surface area contributed by atoms with Crippen LogP contribution in [-0.4, -0.2) is 22.4 Å². The summed E-state index contributed by atoms with van der Waals surface area (Å²) in [6.45, 7) is 2.90. The highest BCUT2D eigenvalue weighted by Crippen LogP contribution is 2.44. The van der Waals surface area contributed by atoms with E-state index in [1.807, 2.05) is 0 Å². The molecule has 2 aromatic carbocycles. The highest BCUT2D eigenvalue weighted by molar-refractivity contribution is 7.80. The van der Waals surface area contributed by atoms with Crippen molar-refractivity contribution in [2.45, 2.75) is 38.6 Å². The molecule has 1 aliphatic heterocycles. The van der Waals surface area contributed by atoms with Gasteiger partial charge in [0.2, 0.25) is 0 Å². The lowest BCUT2D eigenvalue weighted by atomic mass is 9.73. The van der Waals surface area contributed by atoms with E-state index < -0.39 is 0 Å². The molecule has 0 spiro atoms. The van der Waals surface area contributed by atoms with Crippen molar-refractivity contribution in [1.82, 2.24) is 10.3 Å². The monoisotopic (exact) mass is 377 g/mol. The molecule has 4 heteroatoms. The zero-order valence-electron chi connectivity index (χ0n) is 15.8. The van der Waals surface area contributed by atoms with Gasteiger partial charge in [-0.2, -0.15) is 5.10 Å². The summed E-state index contributed by atoms with van der Waals surface area (Å²) in [6.07, 6.45) is 4.73. The molecular formula is C23H27N3S. The van der Waals surface area contributed by atoms with E-state index in [0.29, 0.717) is 11.8 Å². The highest BCUT2D eigenvalue weighted by atomic mass is 32.1. The molecule has 0 bridgehead atoms. The van der Waals surface area contributed by atoms with E-state index in [2.05, 4.69) is 77.9 Å². The van der Waals surface area contributed by atoms with Crippen molar-refractivity contribution < 1.29 is 0 Å². The third-order valence-electron chi connectivity index (χ3n) is 5.74. The lowest BCUT2D eigenvalue weighted by molar-refractivity contribution is 0.291. The maximum absolute atomic E-state index is 5.69. The molecule has 2 aromatic rings. The molecule has 2 aliphatic rings. The number of hydrogen-bond acceptors (Lipinski definition) is 2. The van der Waals surface area contributed by atoms with E-state index in [-0.39, 0.29) is 6.04 Å². The van der Waals surface area contributed by atoms with Crippen molar-refractivity contribution in [3.05, 3.63) is 71.8 Å². The molecule has 140 valence electrons. The summed E-state index contributed by atoms with van der Waals surface area (Å²) in [5.74, 6) is 0.957. The Morgan fingerprint density at radius 2 is 1.78 bits per heavy atom. The molecule has 0 saturated heterocycles. The summed E-state index contributed by atoms with van der Waals surface area (Å²) in [6, 6.07) is 21.8. The van der Waals surface area contributed by atoms with Crippen LogP contribution in [0.3, 0.4) is 0 Å². The molecule has 3 unspecified atom stereocenters. The minimum Gasteiger partial charge on any atom is -0.361 e. The summed E-state index contributed by atoms with van der Waals surface area (Å²) in [7, 11) is 0. The first kappa shape index (κ1) is 18.2. The first-order valence-corrected chi connectivity index (χ1v) is 10.4. The van der Waals surface area contributed by atoms with E-state index in [1.54, 1.807) is 0 Å². The van der Waals surface area contributed by atoms with Crippen LogP contribution in [0, 0.1) is 11.8 Å². The predicted octanol–water partition coefficient (Wildman–Crippen LogP) is 4.95. The third kappa shape index (κ3) is 3.77. The first-order valence-electron chi connectivity index (χ1n) is 10.0. The summed E-state index contributed by atoms with van der Waals surface area (Å²) in [5, 5.41) is 11.2. The molecule has 3 nitrogen and oxygen atoms in total. The Morgan fingerprint density at radius 3 is 2.48 bits per heavy atom. The lowest BCUT2D eigenvalue weighted by Crippen LogP contribution is -2.38. The van der Waals surface area contributed by atoms with Crippen molar-refractivity contribution in [1.29, 1.82) is 0 Å². The van der Waals surface area contributed by atoms with Gasteiger partial charge in [0, 0.05) is 24.1 Å². The molecule has 4 rings (SSSR count). The van der Waals surface area contributed by atoms with Crippen LogP contribution in [0.5, 0.6) is 0 Å². The normalized spacial score (nSPS) is 24.3. The van der Waals surface area contributed by atoms with E-state index in [4.69, 9.17) is 17.3 Å². The summed E-state index contributed by atoms with van der Waals surface area (Å²) in [5.41, 5.74) is 4.05. The van der Waals surface area contributed by atoms with Crippen LogP contribution in [-0.2, 0) is 6.42 Å². The van der Waals surface area contributed by atoms with Gasteiger partial charge >= 0.3 is 0 Å². The maximum Gasteiger partial charge on any atom is 0.190 e. The van der Waals surface area contributed by atoms with Gasteiger partial charge in [-0.05, 0) is 49.5 Å². The number of benzene rings is 2. The van der Waals surface area contributed by atoms with Crippen LogP contribution in [0.1, 0.15) is 43.4 Å². The fraction of sp³-hybridized carbons (Fsp3) is 0.391. The fourth-order valence-electron chi connectivity index (χ4n) is 4.55. The van der Waals surface area contributed by atoms with Gasteiger partial charge in [0.25, 0.3) is 0 Å². The Balaban J connectivity index is 1.65. The lowest BCUT2D eigenvalue weighted by Gasteiger charge is -2.32. The molecule has 27 heavy (non-hydrogen) atoms. The predicted molar refractivity (Wildman–Crippen MR) is 116 cm³/mol. The molecular weight excluding hydrogens is 350 g/mol. The smallest absolute Gasteiger partial charge is 0.190 e. The quantitative estimate of drug-likeness (QED) is 0.764. The topological polar surface area (TPSA) is 27.6 Å². The van der Waals surface area contributed by atoms with Crippen LogP contribution in [0.2, 0.25) is 0 Å². The summed E-state index contributed by atoms with van der Waals surface area (Å²) in [4.78, 5) is 0. The Kier molecular flexibility index (Phi) is 5.53. The third-order valence-corrected chi connectivity index (χ3v) is 6.07. The number of hydrazone groups is 1. The van der Waals surface area contributed by atoms with Gasteiger partial charge in [0.05, 0.1) is 6.04 Å². The van der Waals surface area contributed by atoms with Crippen molar-refractivity contribution in [3.8, 4) is 0 Å². The second kappa shape index (κ2) is 8.22. The zero-order valence-corrected chi connectivity index (χ0v) is 16.7. The van der Waals surface area contributed by atoms with Crippen LogP contribution in [0.4, 0.5) is 0 Å². The Morgan fingerprint density at radius 1 is 1.07 bits per heavy atom. The Hall–Kier alpha value is -2.20. The fourth-order valence-corrected chi connectivity index (χ4v) is 4.85. The van der Waals surface area contributed by atoms with Gasteiger partial charge in [0.15, 0.2) is 5.11 Å². The maximum atomic E-state index is 5.69. The van der Waals surface area contributed by atoms with Gasteiger partial charge in [-0.3, -0.25) is 0 Å². The molecule has 0 aromatic heterocycles. The summed E-state index contributed by atoms with van der Waals surface area (Å²) < 4.78 is 0. The number of nitrogens with zero attached hydrogens (tertiary/aromatic N) is 2. The highest BCUT2D eigenvalue weighted by Gasteiger charge is 2.44. The SMILES string of the molecule is CCNC(=S)N1N=C2C(Cc3ccccc3)CCCC2C1c1ccccc1. The standard InChI is InChI=1S/C23H27N3S/c1-2-24-23(27)26-22(18-12-7-4-8-13-18)20-15-9-14-19(21(20)25-26)16-17-10-5-3-6-11-17/h3-8,10-13,19-20,22H,2,9,14-16H2,1H3,(H,24,27). The van der Waals surface area contributed by atoms with E-state index >= 15 is 0 Å². The number of thiocarbonyl (C=S) groups is 1. The van der Waals surface area contributed by atoms with Crippen LogP contribution in [0.15, 0.2) is 65.8 Å². The van der Waals surface area contributed by atoms with Crippen LogP contribution in [0.25, 0.3) is 0 Å². The number of hydrogen-bond donors (Lipinski definition) is 1. The number of nitrogens with one attached hydrogen (secondary N) is 1. The van der Waals surface area contributed by atoms with Crippen molar-refractivity contribution in [3.63, 3.8) is 0 Å². The molecule has 3 atom stereocenters. The molecule has 1 N–H and O–H groups in total. The van der Waals surface area contributed by atoms with E-state index in [1.165, 1.54) is 36.1 Å².